The number of fused-ring (bicyclic) bond motifs is 1. The molecule has 0 atom stereocenters. The summed E-state index contributed by atoms with van der Waals surface area (Å²) in [5, 5.41) is 19.3. The second-order valence-electron chi connectivity index (χ2n) is 8.44. The average Bonchev–Trinajstić information content (AvgIpc) is 3.88. The van der Waals surface area contributed by atoms with E-state index in [4.69, 9.17) is 0 Å². The smallest absolute Gasteiger partial charge is 0.253 e. The van der Waals surface area contributed by atoms with Gasteiger partial charge in [0.2, 0.25) is 0 Å². The number of imidazole rings is 2. The third-order valence-corrected chi connectivity index (χ3v) is 14.1. The number of alkyl halides is 1. The standard InChI is InChI=1S/C23H15N5O2S8.C3H7I.C2H6/c1-31-18-19(25(15-3-7-33-11-15)22(29)24(18)14-2-6-32-10-14)36-28-37-20-21(38-28)27(17-5-9-35-13-17)23(30)26(20)16-4-8-34-12-16;1-2-3-4;1-2/h2-13H,1H3;2-3H2,1H3;1-2H3. The largest absolute Gasteiger partial charge is 0.339 e. The molecule has 6 aromatic rings. The third kappa shape index (κ3) is 6.80. The molecule has 6 aromatic heterocycles. The van der Waals surface area contributed by atoms with Crippen molar-refractivity contribution in [1.82, 2.24) is 21.4 Å². The molecule has 1 aliphatic heterocycles. The van der Waals surface area contributed by atoms with E-state index in [1.54, 1.807) is 75.4 Å². The van der Waals surface area contributed by atoms with Gasteiger partial charge in [-0.3, -0.25) is 18.3 Å². The molecule has 16 heteroatoms. The SMILES string of the molecule is CC.CCCI.CSc1c(SN2Sc3c(n(-c4ccsc4)c(=O)n3-c3ccsc3)S2)n(-c2ccsc2)c(=O)n1-c1ccsc1. The van der Waals surface area contributed by atoms with Gasteiger partial charge in [0, 0.05) is 57.4 Å². The number of rotatable bonds is 8. The van der Waals surface area contributed by atoms with Crippen LogP contribution in [0.3, 0.4) is 0 Å². The van der Waals surface area contributed by atoms with Crippen molar-refractivity contribution in [3.8, 4) is 22.7 Å². The fraction of sp³-hybridized carbons (Fsp3) is 0.214. The van der Waals surface area contributed by atoms with Crippen LogP contribution in [0.25, 0.3) is 22.7 Å². The Morgan fingerprint density at radius 1 is 0.659 bits per heavy atom. The summed E-state index contributed by atoms with van der Waals surface area (Å²) in [4.78, 5) is 27.4. The average molecular weight is 850 g/mol. The highest BCUT2D eigenvalue weighted by Crippen LogP contribution is 2.54. The summed E-state index contributed by atoms with van der Waals surface area (Å²) in [5.41, 5.74) is 3.23. The lowest BCUT2D eigenvalue weighted by Crippen LogP contribution is -2.23. The third-order valence-electron chi connectivity index (χ3n) is 5.87. The molecule has 0 bridgehead atoms. The van der Waals surface area contributed by atoms with Crippen LogP contribution < -0.4 is 11.4 Å². The van der Waals surface area contributed by atoms with Crippen molar-refractivity contribution >= 4 is 116 Å². The molecule has 0 fully saturated rings. The fourth-order valence-corrected chi connectivity index (χ4v) is 11.2. The van der Waals surface area contributed by atoms with E-state index < -0.39 is 0 Å². The first kappa shape index (κ1) is 34.3. The first-order chi connectivity index (χ1) is 21.6. The van der Waals surface area contributed by atoms with Gasteiger partial charge in [-0.2, -0.15) is 45.3 Å². The maximum absolute atomic E-state index is 13.8. The minimum atomic E-state index is -0.0988. The van der Waals surface area contributed by atoms with Gasteiger partial charge < -0.3 is 0 Å². The van der Waals surface area contributed by atoms with Crippen molar-refractivity contribution in [2.75, 3.05) is 10.7 Å². The van der Waals surface area contributed by atoms with Gasteiger partial charge in [-0.1, -0.05) is 43.4 Å². The van der Waals surface area contributed by atoms with Gasteiger partial charge in [-0.15, -0.1) is 14.9 Å². The molecule has 0 amide bonds. The molecule has 0 saturated carbocycles. The molecule has 0 saturated heterocycles. The quantitative estimate of drug-likeness (QED) is 0.0654. The number of hydrogen-bond acceptors (Lipinski definition) is 11. The first-order valence-corrected chi connectivity index (χ1v) is 22.2. The zero-order valence-electron chi connectivity index (χ0n) is 24.0. The van der Waals surface area contributed by atoms with Gasteiger partial charge in [0.05, 0.1) is 22.7 Å². The normalized spacial score (nSPS) is 12.5. The molecule has 7 heterocycles. The highest BCUT2D eigenvalue weighted by atomic mass is 127. The molecule has 0 aliphatic carbocycles. The Morgan fingerprint density at radius 3 is 1.36 bits per heavy atom. The summed E-state index contributed by atoms with van der Waals surface area (Å²) < 4.78 is 10.5. The predicted molar refractivity (Wildman–Crippen MR) is 206 cm³/mol. The minimum Gasteiger partial charge on any atom is -0.253 e. The zero-order valence-corrected chi connectivity index (χ0v) is 32.7. The molecule has 0 aromatic carbocycles. The Labute approximate surface area is 302 Å². The van der Waals surface area contributed by atoms with Crippen molar-refractivity contribution < 1.29 is 0 Å². The van der Waals surface area contributed by atoms with E-state index in [9.17, 15) is 9.59 Å². The van der Waals surface area contributed by atoms with E-state index in [0.29, 0.717) is 0 Å². The van der Waals surface area contributed by atoms with E-state index in [2.05, 4.69) is 32.6 Å². The van der Waals surface area contributed by atoms with Crippen molar-refractivity contribution in [3.05, 3.63) is 88.3 Å². The van der Waals surface area contributed by atoms with Crippen LogP contribution in [0.15, 0.2) is 97.0 Å². The summed E-state index contributed by atoms with van der Waals surface area (Å²) in [6.07, 6.45) is 3.30. The Kier molecular flexibility index (Phi) is 12.6. The Hall–Kier alpha value is -1.09. The molecule has 44 heavy (non-hydrogen) atoms. The number of hydrogen-bond donors (Lipinski definition) is 0. The molecule has 0 N–H and O–H groups in total. The topological polar surface area (TPSA) is 57.1 Å². The molecule has 0 unspecified atom stereocenters. The van der Waals surface area contributed by atoms with Crippen LogP contribution >= 0.6 is 116 Å². The number of thioether (sulfide) groups is 1. The summed E-state index contributed by atoms with van der Waals surface area (Å²) in [5.74, 6) is 0. The second-order valence-corrected chi connectivity index (χ2v) is 16.9. The van der Waals surface area contributed by atoms with Crippen LogP contribution in [-0.2, 0) is 0 Å². The van der Waals surface area contributed by atoms with E-state index in [1.165, 1.54) is 46.7 Å². The highest BCUT2D eigenvalue weighted by Gasteiger charge is 2.36. The Morgan fingerprint density at radius 2 is 1.02 bits per heavy atom. The summed E-state index contributed by atoms with van der Waals surface area (Å²) in [7, 11) is 0. The highest BCUT2D eigenvalue weighted by molar-refractivity contribution is 14.1. The Bertz CT molecular complexity index is 1800. The van der Waals surface area contributed by atoms with E-state index in [1.807, 2.05) is 87.4 Å². The van der Waals surface area contributed by atoms with Gasteiger partial charge in [0.1, 0.15) is 20.1 Å². The van der Waals surface area contributed by atoms with Crippen molar-refractivity contribution in [2.24, 2.45) is 0 Å². The van der Waals surface area contributed by atoms with Gasteiger partial charge >= 0.3 is 11.4 Å². The molecule has 7 nitrogen and oxygen atoms in total. The van der Waals surface area contributed by atoms with Crippen LogP contribution in [0.5, 0.6) is 0 Å². The second kappa shape index (κ2) is 16.1. The van der Waals surface area contributed by atoms with Crippen molar-refractivity contribution in [1.29, 1.82) is 0 Å². The molecule has 232 valence electrons. The summed E-state index contributed by atoms with van der Waals surface area (Å²) in [6.45, 7) is 6.17. The molecule has 0 radical (unpaired) electrons. The van der Waals surface area contributed by atoms with Gasteiger partial charge in [-0.25, -0.2) is 9.59 Å². The van der Waals surface area contributed by atoms with Gasteiger partial charge in [-0.05, 0) is 62.9 Å². The lowest BCUT2D eigenvalue weighted by Gasteiger charge is -2.14. The van der Waals surface area contributed by atoms with E-state index in [0.717, 1.165) is 42.9 Å². The van der Waals surface area contributed by atoms with Gasteiger partial charge in [0.15, 0.2) is 0 Å². The van der Waals surface area contributed by atoms with E-state index in [-0.39, 0.29) is 11.4 Å². The van der Waals surface area contributed by atoms with Crippen LogP contribution in [0.4, 0.5) is 0 Å². The fourth-order valence-electron chi connectivity index (χ4n) is 4.06. The maximum atomic E-state index is 13.8. The van der Waals surface area contributed by atoms with Crippen molar-refractivity contribution in [3.63, 3.8) is 0 Å². The zero-order chi connectivity index (χ0) is 31.2. The van der Waals surface area contributed by atoms with E-state index >= 15 is 0 Å². The lowest BCUT2D eigenvalue weighted by molar-refractivity contribution is 0.865. The van der Waals surface area contributed by atoms with Crippen LogP contribution in [0, 0.1) is 0 Å². The van der Waals surface area contributed by atoms with Crippen LogP contribution in [-0.4, -0.2) is 32.1 Å². The number of halogens is 1. The Balaban J connectivity index is 0.000000595. The monoisotopic (exact) mass is 849 g/mol. The first-order valence-electron chi connectivity index (χ1n) is 13.4. The molecular formula is C28H28IN5O2S8. The lowest BCUT2D eigenvalue weighted by atomic mass is 10.5. The van der Waals surface area contributed by atoms with Crippen LogP contribution in [0.1, 0.15) is 27.2 Å². The van der Waals surface area contributed by atoms with Crippen molar-refractivity contribution in [2.45, 2.75) is 47.3 Å². The summed E-state index contributed by atoms with van der Waals surface area (Å²) >= 11 is 14.7. The minimum absolute atomic E-state index is 0.0833. The molecular weight excluding hydrogens is 822 g/mol. The molecule has 0 spiro atoms. The number of aromatic nitrogens is 4. The summed E-state index contributed by atoms with van der Waals surface area (Å²) in [6, 6.07) is 7.87. The number of thiophene rings is 4. The van der Waals surface area contributed by atoms with Gasteiger partial charge in [0.25, 0.3) is 0 Å². The predicted octanol–water partition coefficient (Wildman–Crippen LogP) is 10.4. The number of nitrogens with zero attached hydrogens (tertiary/aromatic N) is 5. The van der Waals surface area contributed by atoms with Crippen LogP contribution in [0.2, 0.25) is 0 Å². The molecule has 7 rings (SSSR count). The maximum Gasteiger partial charge on any atom is 0.339 e. The molecule has 1 aliphatic rings.